The maximum Gasteiger partial charge on any atom is 0.203 e. The zero-order chi connectivity index (χ0) is 12.8. The lowest BCUT2D eigenvalue weighted by atomic mass is 10.3. The van der Waals surface area contributed by atoms with Crippen molar-refractivity contribution in [3.8, 4) is 0 Å². The Bertz CT molecular complexity index is 458. The molecular weight excluding hydrogens is 226 g/mol. The molecule has 2 rings (SSSR count). The second kappa shape index (κ2) is 6.23. The number of unbranched alkanes of at least 4 members (excludes halogenated alkanes) is 1. The first-order chi connectivity index (χ1) is 8.79. The van der Waals surface area contributed by atoms with Crippen molar-refractivity contribution in [1.29, 1.82) is 0 Å². The van der Waals surface area contributed by atoms with Gasteiger partial charge in [0, 0.05) is 38.2 Å². The summed E-state index contributed by atoms with van der Waals surface area (Å²) in [6.07, 6.45) is 10.0. The van der Waals surface area contributed by atoms with Crippen LogP contribution in [-0.2, 0) is 13.1 Å². The molecule has 0 atom stereocenters. The Morgan fingerprint density at radius 3 is 2.94 bits per heavy atom. The largest absolute Gasteiger partial charge is 0.356 e. The zero-order valence-electron chi connectivity index (χ0n) is 11.1. The smallest absolute Gasteiger partial charge is 0.203 e. The highest BCUT2D eigenvalue weighted by Crippen LogP contribution is 2.08. The van der Waals surface area contributed by atoms with Gasteiger partial charge in [0.25, 0.3) is 0 Å². The lowest BCUT2D eigenvalue weighted by Crippen LogP contribution is -2.08. The molecule has 0 aliphatic heterocycles. The highest BCUT2D eigenvalue weighted by molar-refractivity contribution is 5.28. The minimum atomic E-state index is 0.957. The monoisotopic (exact) mass is 247 g/mol. The summed E-state index contributed by atoms with van der Waals surface area (Å²) in [5, 5.41) is 3.39. The molecule has 1 N–H and O–H groups in total. The molecule has 0 aliphatic rings. The van der Waals surface area contributed by atoms with Crippen LogP contribution in [0, 0.1) is 6.92 Å². The van der Waals surface area contributed by atoms with Gasteiger partial charge in [0.15, 0.2) is 0 Å². The van der Waals surface area contributed by atoms with Crippen LogP contribution < -0.4 is 5.32 Å². The van der Waals surface area contributed by atoms with Gasteiger partial charge in [0.1, 0.15) is 0 Å². The van der Waals surface area contributed by atoms with Gasteiger partial charge in [-0.15, -0.1) is 0 Å². The number of anilines is 1. The van der Waals surface area contributed by atoms with Crippen LogP contribution in [0.25, 0.3) is 0 Å². The Labute approximate surface area is 108 Å². The van der Waals surface area contributed by atoms with E-state index in [1.807, 2.05) is 25.6 Å². The molecule has 5 nitrogen and oxygen atoms in total. The van der Waals surface area contributed by atoms with Gasteiger partial charge in [0.05, 0.1) is 12.0 Å². The summed E-state index contributed by atoms with van der Waals surface area (Å²) < 4.78 is 4.25. The number of imidazole rings is 2. The van der Waals surface area contributed by atoms with E-state index in [2.05, 4.69) is 37.5 Å². The normalized spacial score (nSPS) is 10.8. The predicted octanol–water partition coefficient (Wildman–Crippen LogP) is 2.30. The van der Waals surface area contributed by atoms with Crippen LogP contribution in [0.4, 0.5) is 5.95 Å². The first kappa shape index (κ1) is 12.7. The van der Waals surface area contributed by atoms with E-state index < -0.39 is 0 Å². The number of hydrogen-bond donors (Lipinski definition) is 1. The van der Waals surface area contributed by atoms with Crippen molar-refractivity contribution in [3.63, 3.8) is 0 Å². The molecule has 2 aromatic heterocycles. The van der Waals surface area contributed by atoms with Crippen molar-refractivity contribution < 1.29 is 0 Å². The highest BCUT2D eigenvalue weighted by Gasteiger charge is 2.02. The first-order valence-corrected chi connectivity index (χ1v) is 6.53. The Hall–Kier alpha value is -1.78. The Kier molecular flexibility index (Phi) is 4.39. The Balaban J connectivity index is 1.68. The number of nitrogens with one attached hydrogen (secondary N) is 1. The van der Waals surface area contributed by atoms with E-state index in [1.165, 1.54) is 0 Å². The summed E-state index contributed by atoms with van der Waals surface area (Å²) in [5.41, 5.74) is 1.07. The molecular formula is C13H21N5. The molecule has 0 spiro atoms. The molecule has 0 fully saturated rings. The van der Waals surface area contributed by atoms with Gasteiger partial charge in [-0.05, 0) is 26.7 Å². The van der Waals surface area contributed by atoms with Gasteiger partial charge >= 0.3 is 0 Å². The van der Waals surface area contributed by atoms with Gasteiger partial charge < -0.3 is 14.5 Å². The molecule has 0 unspecified atom stereocenters. The van der Waals surface area contributed by atoms with Gasteiger partial charge in [0.2, 0.25) is 5.95 Å². The van der Waals surface area contributed by atoms with E-state index in [4.69, 9.17) is 0 Å². The lowest BCUT2D eigenvalue weighted by molar-refractivity contribution is 0.618. The number of nitrogens with zero attached hydrogens (tertiary/aromatic N) is 4. The van der Waals surface area contributed by atoms with E-state index in [9.17, 15) is 0 Å². The minimum absolute atomic E-state index is 0.957. The summed E-state index contributed by atoms with van der Waals surface area (Å²) >= 11 is 0. The van der Waals surface area contributed by atoms with E-state index in [0.717, 1.165) is 44.1 Å². The fourth-order valence-electron chi connectivity index (χ4n) is 1.97. The quantitative estimate of drug-likeness (QED) is 0.764. The van der Waals surface area contributed by atoms with Crippen molar-refractivity contribution >= 4 is 5.95 Å². The average Bonchev–Trinajstić information content (AvgIpc) is 2.98. The number of rotatable bonds is 7. The molecule has 18 heavy (non-hydrogen) atoms. The van der Waals surface area contributed by atoms with E-state index in [-0.39, 0.29) is 0 Å². The third-order valence-corrected chi connectivity index (χ3v) is 2.92. The van der Waals surface area contributed by atoms with Crippen molar-refractivity contribution in [2.24, 2.45) is 0 Å². The fraction of sp³-hybridized carbons (Fsp3) is 0.538. The second-order valence-electron chi connectivity index (χ2n) is 4.43. The van der Waals surface area contributed by atoms with E-state index in [0.29, 0.717) is 0 Å². The molecule has 2 heterocycles. The van der Waals surface area contributed by atoms with Gasteiger partial charge in [-0.3, -0.25) is 0 Å². The summed E-state index contributed by atoms with van der Waals surface area (Å²) in [7, 11) is 0. The average molecular weight is 247 g/mol. The van der Waals surface area contributed by atoms with Crippen molar-refractivity contribution in [2.45, 2.75) is 39.8 Å². The minimum Gasteiger partial charge on any atom is -0.356 e. The zero-order valence-corrected chi connectivity index (χ0v) is 11.1. The molecule has 0 bridgehead atoms. The molecule has 0 saturated carbocycles. The third-order valence-electron chi connectivity index (χ3n) is 2.92. The molecule has 5 heteroatoms. The van der Waals surface area contributed by atoms with Gasteiger partial charge in [-0.25, -0.2) is 9.97 Å². The maximum absolute atomic E-state index is 4.47. The fourth-order valence-corrected chi connectivity index (χ4v) is 1.97. The summed E-state index contributed by atoms with van der Waals surface area (Å²) in [5.74, 6) is 0.984. The van der Waals surface area contributed by atoms with Crippen LogP contribution >= 0.6 is 0 Å². The standard InChI is InChI=1S/C13H21N5/c1-3-18-10-12(2)16-13(18)15-6-4-5-8-17-9-7-14-11-17/h7,9-11H,3-6,8H2,1-2H3,(H,15,16). The molecule has 0 aromatic carbocycles. The summed E-state index contributed by atoms with van der Waals surface area (Å²) in [4.78, 5) is 8.49. The maximum atomic E-state index is 4.47. The number of hydrogen-bond acceptors (Lipinski definition) is 3. The van der Waals surface area contributed by atoms with Crippen molar-refractivity contribution in [2.75, 3.05) is 11.9 Å². The van der Waals surface area contributed by atoms with Gasteiger partial charge in [-0.1, -0.05) is 0 Å². The highest BCUT2D eigenvalue weighted by atomic mass is 15.2. The Morgan fingerprint density at radius 1 is 1.33 bits per heavy atom. The lowest BCUT2D eigenvalue weighted by Gasteiger charge is -2.07. The predicted molar refractivity (Wildman–Crippen MR) is 72.6 cm³/mol. The molecule has 0 saturated heterocycles. The van der Waals surface area contributed by atoms with Crippen LogP contribution in [0.5, 0.6) is 0 Å². The van der Waals surface area contributed by atoms with Crippen molar-refractivity contribution in [1.82, 2.24) is 19.1 Å². The topological polar surface area (TPSA) is 47.7 Å². The molecule has 0 amide bonds. The first-order valence-electron chi connectivity index (χ1n) is 6.53. The van der Waals surface area contributed by atoms with Crippen LogP contribution in [0.15, 0.2) is 24.9 Å². The Morgan fingerprint density at radius 2 is 2.22 bits per heavy atom. The van der Waals surface area contributed by atoms with Gasteiger partial charge in [-0.2, -0.15) is 0 Å². The van der Waals surface area contributed by atoms with E-state index >= 15 is 0 Å². The molecule has 98 valence electrons. The van der Waals surface area contributed by atoms with Crippen LogP contribution in [0.2, 0.25) is 0 Å². The van der Waals surface area contributed by atoms with Crippen LogP contribution in [-0.4, -0.2) is 25.6 Å². The number of aromatic nitrogens is 4. The second-order valence-corrected chi connectivity index (χ2v) is 4.43. The van der Waals surface area contributed by atoms with Crippen LogP contribution in [0.3, 0.4) is 0 Å². The summed E-state index contributed by atoms with van der Waals surface area (Å²) in [6, 6.07) is 0. The molecule has 0 aliphatic carbocycles. The summed E-state index contributed by atoms with van der Waals surface area (Å²) in [6.45, 7) is 7.11. The molecule has 2 aromatic rings. The third kappa shape index (κ3) is 3.35. The van der Waals surface area contributed by atoms with E-state index in [1.54, 1.807) is 0 Å². The molecule has 0 radical (unpaired) electrons. The van der Waals surface area contributed by atoms with Crippen molar-refractivity contribution in [3.05, 3.63) is 30.6 Å². The SMILES string of the molecule is CCn1cc(C)nc1NCCCCn1ccnc1. The van der Waals surface area contributed by atoms with Crippen LogP contribution in [0.1, 0.15) is 25.5 Å². The number of aryl methyl sites for hydroxylation is 3.